The van der Waals surface area contributed by atoms with Crippen LogP contribution in [0.15, 0.2) is 18.2 Å². The fraction of sp³-hybridized carbons (Fsp3) is 0.562. The van der Waals surface area contributed by atoms with Crippen molar-refractivity contribution < 1.29 is 22.9 Å². The molecule has 1 atom stereocenters. The number of carbonyl (C=O) groups excluding carboxylic acids is 1. The highest BCUT2D eigenvalue weighted by Crippen LogP contribution is 2.40. The third-order valence-corrected chi connectivity index (χ3v) is 6.57. The summed E-state index contributed by atoms with van der Waals surface area (Å²) in [6, 6.07) is 4.37. The van der Waals surface area contributed by atoms with Gasteiger partial charge in [-0.15, -0.1) is 0 Å². The number of rotatable bonds is 5. The number of nitrogens with one attached hydrogen (secondary N) is 1. The lowest BCUT2D eigenvalue weighted by Crippen LogP contribution is -2.53. The first-order valence-corrected chi connectivity index (χ1v) is 9.31. The molecule has 25 heavy (non-hydrogen) atoms. The molecule has 1 aromatic carbocycles. The molecule has 0 bridgehead atoms. The topological polar surface area (TPSA) is 116 Å². The van der Waals surface area contributed by atoms with Crippen LogP contribution in [0.3, 0.4) is 0 Å². The van der Waals surface area contributed by atoms with Crippen LogP contribution in [0.4, 0.5) is 5.69 Å². The Morgan fingerprint density at radius 2 is 2.04 bits per heavy atom. The highest BCUT2D eigenvalue weighted by atomic mass is 32.2. The van der Waals surface area contributed by atoms with Gasteiger partial charge in [-0.3, -0.25) is 14.9 Å². The molecular weight excluding hydrogens is 348 g/mol. The minimum atomic E-state index is -3.77. The van der Waals surface area contributed by atoms with Gasteiger partial charge in [-0.25, -0.2) is 13.1 Å². The smallest absolute Gasteiger partial charge is 0.302 e. The minimum absolute atomic E-state index is 0.136. The van der Waals surface area contributed by atoms with Gasteiger partial charge in [0.05, 0.1) is 15.2 Å². The molecule has 0 saturated carbocycles. The molecule has 1 aliphatic carbocycles. The van der Waals surface area contributed by atoms with Gasteiger partial charge in [0.15, 0.2) is 0 Å². The molecule has 0 fully saturated rings. The summed E-state index contributed by atoms with van der Waals surface area (Å²) in [7, 11) is -3.77. The zero-order valence-electron chi connectivity index (χ0n) is 14.7. The van der Waals surface area contributed by atoms with Crippen LogP contribution >= 0.6 is 0 Å². The van der Waals surface area contributed by atoms with E-state index in [2.05, 4.69) is 4.72 Å². The van der Waals surface area contributed by atoms with Crippen LogP contribution < -0.4 is 4.72 Å². The van der Waals surface area contributed by atoms with Crippen molar-refractivity contribution in [3.8, 4) is 0 Å². The fourth-order valence-corrected chi connectivity index (χ4v) is 3.84. The molecule has 1 N–H and O–H groups in total. The predicted octanol–water partition coefficient (Wildman–Crippen LogP) is 2.02. The number of hydrogen-bond donors (Lipinski definition) is 1. The highest BCUT2D eigenvalue weighted by molar-refractivity contribution is 7.90. The molecule has 0 radical (unpaired) electrons. The number of ether oxygens (including phenoxy) is 1. The van der Waals surface area contributed by atoms with Gasteiger partial charge in [0.1, 0.15) is 6.61 Å². The SMILES string of the molecule is CC(=O)OC[C@]1(NS(=O)(=O)C(C)(C)C)CCc2ccc([N+](=O)[O-])cc21. The Morgan fingerprint density at radius 1 is 1.40 bits per heavy atom. The molecule has 0 unspecified atom stereocenters. The average molecular weight is 370 g/mol. The van der Waals surface area contributed by atoms with E-state index < -0.39 is 31.2 Å². The number of aryl methyl sites for hydroxylation is 1. The van der Waals surface area contributed by atoms with Gasteiger partial charge in [0, 0.05) is 19.1 Å². The molecule has 0 heterocycles. The molecule has 0 spiro atoms. The summed E-state index contributed by atoms with van der Waals surface area (Å²) in [5.41, 5.74) is -0.0629. The van der Waals surface area contributed by atoms with Gasteiger partial charge in [-0.2, -0.15) is 0 Å². The molecule has 9 heteroatoms. The maximum atomic E-state index is 12.7. The van der Waals surface area contributed by atoms with Gasteiger partial charge in [-0.1, -0.05) is 6.07 Å². The number of hydrogen-bond acceptors (Lipinski definition) is 6. The van der Waals surface area contributed by atoms with Crippen LogP contribution in [0.1, 0.15) is 45.2 Å². The summed E-state index contributed by atoms with van der Waals surface area (Å²) >= 11 is 0. The second kappa shape index (κ2) is 6.38. The zero-order valence-corrected chi connectivity index (χ0v) is 15.5. The second-order valence-corrected chi connectivity index (χ2v) is 9.61. The lowest BCUT2D eigenvalue weighted by Gasteiger charge is -2.34. The molecule has 1 aromatic rings. The Morgan fingerprint density at radius 3 is 2.56 bits per heavy atom. The van der Waals surface area contributed by atoms with E-state index in [0.717, 1.165) is 5.56 Å². The van der Waals surface area contributed by atoms with E-state index in [9.17, 15) is 23.3 Å². The fourth-order valence-electron chi connectivity index (χ4n) is 2.74. The monoisotopic (exact) mass is 370 g/mol. The molecule has 138 valence electrons. The number of benzene rings is 1. The Hall–Kier alpha value is -2.00. The molecular formula is C16H22N2O6S. The van der Waals surface area contributed by atoms with Crippen molar-refractivity contribution in [2.75, 3.05) is 6.61 Å². The van der Waals surface area contributed by atoms with Crippen molar-refractivity contribution >= 4 is 21.7 Å². The molecule has 8 nitrogen and oxygen atoms in total. The van der Waals surface area contributed by atoms with E-state index in [4.69, 9.17) is 4.74 Å². The minimum Gasteiger partial charge on any atom is -0.464 e. The van der Waals surface area contributed by atoms with Crippen LogP contribution in [0.5, 0.6) is 0 Å². The summed E-state index contributed by atoms with van der Waals surface area (Å²) in [6.07, 6.45) is 0.882. The molecule has 0 aromatic heterocycles. The second-order valence-electron chi connectivity index (χ2n) is 7.18. The third kappa shape index (κ3) is 3.82. The third-order valence-electron chi connectivity index (χ3n) is 4.30. The predicted molar refractivity (Wildman–Crippen MR) is 91.5 cm³/mol. The summed E-state index contributed by atoms with van der Waals surface area (Å²) in [4.78, 5) is 21.9. The summed E-state index contributed by atoms with van der Waals surface area (Å²) in [5.74, 6) is -0.548. The molecule has 0 amide bonds. The maximum Gasteiger partial charge on any atom is 0.302 e. The van der Waals surface area contributed by atoms with E-state index in [-0.39, 0.29) is 12.3 Å². The van der Waals surface area contributed by atoms with Gasteiger partial charge < -0.3 is 4.74 Å². The number of esters is 1. The Bertz CT molecular complexity index is 812. The van der Waals surface area contributed by atoms with E-state index >= 15 is 0 Å². The van der Waals surface area contributed by atoms with Gasteiger partial charge in [0.2, 0.25) is 10.0 Å². The summed E-state index contributed by atoms with van der Waals surface area (Å²) in [6.45, 7) is 5.68. The lowest BCUT2D eigenvalue weighted by atomic mass is 9.93. The summed E-state index contributed by atoms with van der Waals surface area (Å²) in [5, 5.41) is 11.1. The molecule has 1 aliphatic rings. The number of nitro benzene ring substituents is 1. The van der Waals surface area contributed by atoms with E-state index in [1.165, 1.54) is 19.1 Å². The quantitative estimate of drug-likeness (QED) is 0.481. The van der Waals surface area contributed by atoms with Crippen molar-refractivity contribution in [1.29, 1.82) is 0 Å². The zero-order chi connectivity index (χ0) is 19.0. The largest absolute Gasteiger partial charge is 0.464 e. The van der Waals surface area contributed by atoms with Crippen molar-refractivity contribution in [3.05, 3.63) is 39.4 Å². The Kier molecular flexibility index (Phi) is 4.93. The lowest BCUT2D eigenvalue weighted by molar-refractivity contribution is -0.385. The van der Waals surface area contributed by atoms with Crippen LogP contribution in [0.25, 0.3) is 0 Å². The van der Waals surface area contributed by atoms with Crippen LogP contribution in [0.2, 0.25) is 0 Å². The maximum absolute atomic E-state index is 12.7. The van der Waals surface area contributed by atoms with Gasteiger partial charge in [0.25, 0.3) is 5.69 Å². The highest BCUT2D eigenvalue weighted by Gasteiger charge is 2.46. The first-order valence-electron chi connectivity index (χ1n) is 7.83. The number of nitrogens with zero attached hydrogens (tertiary/aromatic N) is 1. The average Bonchev–Trinajstić information content (AvgIpc) is 2.82. The molecule has 0 saturated heterocycles. The van der Waals surface area contributed by atoms with Crippen LogP contribution in [0, 0.1) is 10.1 Å². The Labute approximate surface area is 146 Å². The van der Waals surface area contributed by atoms with Crippen molar-refractivity contribution in [1.82, 2.24) is 4.72 Å². The number of non-ortho nitro benzene ring substituents is 1. The number of carbonyl (C=O) groups is 1. The van der Waals surface area contributed by atoms with Crippen molar-refractivity contribution in [2.24, 2.45) is 0 Å². The van der Waals surface area contributed by atoms with Crippen LogP contribution in [-0.4, -0.2) is 30.7 Å². The van der Waals surface area contributed by atoms with E-state index in [1.807, 2.05) is 0 Å². The van der Waals surface area contributed by atoms with Crippen molar-refractivity contribution in [2.45, 2.75) is 50.8 Å². The Balaban J connectivity index is 2.55. The standard InChI is InChI=1S/C16H22N2O6S/c1-11(19)24-10-16(17-25(22,23)15(2,3)4)8-7-12-5-6-13(18(20)21)9-14(12)16/h5-6,9,17H,7-8,10H2,1-4H3/t16-/m1/s1. The number of nitro groups is 1. The molecule has 0 aliphatic heterocycles. The summed E-state index contributed by atoms with van der Waals surface area (Å²) < 4.78 is 32.1. The van der Waals surface area contributed by atoms with Crippen molar-refractivity contribution in [3.63, 3.8) is 0 Å². The van der Waals surface area contributed by atoms with E-state index in [0.29, 0.717) is 18.4 Å². The van der Waals surface area contributed by atoms with E-state index in [1.54, 1.807) is 26.8 Å². The first kappa shape index (κ1) is 19.3. The first-order chi connectivity index (χ1) is 11.4. The van der Waals surface area contributed by atoms with Gasteiger partial charge >= 0.3 is 5.97 Å². The number of fused-ring (bicyclic) bond motifs is 1. The molecule has 2 rings (SSSR count). The van der Waals surface area contributed by atoms with Crippen LogP contribution in [-0.2, 0) is 31.5 Å². The normalized spacial score (nSPS) is 20.2. The van der Waals surface area contributed by atoms with Gasteiger partial charge in [-0.05, 0) is 44.7 Å². The number of sulfonamides is 1.